The van der Waals surface area contributed by atoms with Crippen LogP contribution < -0.4 is 5.32 Å². The summed E-state index contributed by atoms with van der Waals surface area (Å²) >= 11 is 7.67. The highest BCUT2D eigenvalue weighted by molar-refractivity contribution is 8.14. The van der Waals surface area contributed by atoms with E-state index >= 15 is 0 Å². The summed E-state index contributed by atoms with van der Waals surface area (Å²) in [5.74, 6) is 1.08. The van der Waals surface area contributed by atoms with Crippen molar-refractivity contribution in [2.24, 2.45) is 4.99 Å². The van der Waals surface area contributed by atoms with E-state index in [1.54, 1.807) is 11.8 Å². The van der Waals surface area contributed by atoms with Gasteiger partial charge < -0.3 is 5.32 Å². The van der Waals surface area contributed by atoms with E-state index in [2.05, 4.69) is 17.2 Å². The number of benzene rings is 1. The Hall–Kier alpha value is -0.670. The van der Waals surface area contributed by atoms with Crippen LogP contribution in [0.4, 0.5) is 5.69 Å². The molecular formula is C11H13ClN2S. The Morgan fingerprint density at radius 3 is 3.13 bits per heavy atom. The van der Waals surface area contributed by atoms with Gasteiger partial charge in [0.05, 0.1) is 6.04 Å². The lowest BCUT2D eigenvalue weighted by atomic mass is 10.3. The lowest BCUT2D eigenvalue weighted by Crippen LogP contribution is -2.05. The van der Waals surface area contributed by atoms with Gasteiger partial charge in [-0.15, -0.1) is 0 Å². The normalized spacial score (nSPS) is 20.1. The van der Waals surface area contributed by atoms with E-state index in [1.165, 1.54) is 0 Å². The van der Waals surface area contributed by atoms with Crippen molar-refractivity contribution >= 4 is 34.2 Å². The van der Waals surface area contributed by atoms with E-state index in [0.717, 1.165) is 28.1 Å². The van der Waals surface area contributed by atoms with Gasteiger partial charge in [-0.05, 0) is 24.6 Å². The van der Waals surface area contributed by atoms with Gasteiger partial charge in [0.15, 0.2) is 5.17 Å². The van der Waals surface area contributed by atoms with E-state index in [9.17, 15) is 0 Å². The molecule has 0 amide bonds. The maximum Gasteiger partial charge on any atom is 0.161 e. The first-order chi connectivity index (χ1) is 7.28. The zero-order valence-corrected chi connectivity index (χ0v) is 10.1. The Morgan fingerprint density at radius 1 is 1.60 bits per heavy atom. The summed E-state index contributed by atoms with van der Waals surface area (Å²) in [5, 5.41) is 5.02. The molecule has 0 unspecified atom stereocenters. The fourth-order valence-electron chi connectivity index (χ4n) is 1.38. The zero-order valence-electron chi connectivity index (χ0n) is 8.53. The van der Waals surface area contributed by atoms with Crippen molar-refractivity contribution in [2.75, 3.05) is 11.1 Å². The Labute approximate surface area is 99.1 Å². The summed E-state index contributed by atoms with van der Waals surface area (Å²) in [7, 11) is 0. The van der Waals surface area contributed by atoms with Crippen LogP contribution in [0.1, 0.15) is 13.3 Å². The third kappa shape index (κ3) is 2.89. The zero-order chi connectivity index (χ0) is 10.7. The number of rotatable bonds is 2. The fourth-order valence-corrected chi connectivity index (χ4v) is 2.65. The predicted octanol–water partition coefficient (Wildman–Crippen LogP) is 3.63. The first kappa shape index (κ1) is 10.8. The Morgan fingerprint density at radius 2 is 2.47 bits per heavy atom. The average molecular weight is 241 g/mol. The van der Waals surface area contributed by atoms with Crippen molar-refractivity contribution in [3.63, 3.8) is 0 Å². The van der Waals surface area contributed by atoms with Crippen LogP contribution in [-0.2, 0) is 0 Å². The molecule has 0 bridgehead atoms. The average Bonchev–Trinajstić information content (AvgIpc) is 2.65. The molecule has 1 N–H and O–H groups in total. The van der Waals surface area contributed by atoms with Crippen LogP contribution in [0.25, 0.3) is 0 Å². The molecule has 1 aliphatic rings. The van der Waals surface area contributed by atoms with Gasteiger partial charge in [0, 0.05) is 16.5 Å². The molecule has 1 heterocycles. The van der Waals surface area contributed by atoms with Crippen LogP contribution in [0.5, 0.6) is 0 Å². The van der Waals surface area contributed by atoms with E-state index in [0.29, 0.717) is 6.04 Å². The smallest absolute Gasteiger partial charge is 0.161 e. The minimum Gasteiger partial charge on any atom is -0.335 e. The molecule has 15 heavy (non-hydrogen) atoms. The molecule has 80 valence electrons. The van der Waals surface area contributed by atoms with Gasteiger partial charge in [-0.1, -0.05) is 36.4 Å². The maximum absolute atomic E-state index is 5.90. The Bertz CT molecular complexity index is 379. The van der Waals surface area contributed by atoms with Gasteiger partial charge >= 0.3 is 0 Å². The van der Waals surface area contributed by atoms with E-state index in [-0.39, 0.29) is 0 Å². The van der Waals surface area contributed by atoms with Crippen molar-refractivity contribution in [1.29, 1.82) is 0 Å². The quantitative estimate of drug-likeness (QED) is 0.854. The number of anilines is 1. The molecule has 0 spiro atoms. The second kappa shape index (κ2) is 4.90. The highest BCUT2D eigenvalue weighted by Crippen LogP contribution is 2.23. The third-order valence-electron chi connectivity index (χ3n) is 2.26. The highest BCUT2D eigenvalue weighted by Gasteiger charge is 2.16. The van der Waals surface area contributed by atoms with Crippen LogP contribution in [0.2, 0.25) is 5.02 Å². The molecule has 0 aliphatic carbocycles. The van der Waals surface area contributed by atoms with Gasteiger partial charge in [0.2, 0.25) is 0 Å². The fraction of sp³-hybridized carbons (Fsp3) is 0.364. The van der Waals surface area contributed by atoms with Gasteiger partial charge in [-0.3, -0.25) is 4.99 Å². The Kier molecular flexibility index (Phi) is 3.54. The second-order valence-corrected chi connectivity index (χ2v) is 4.89. The largest absolute Gasteiger partial charge is 0.335 e. The Balaban J connectivity index is 2.03. The third-order valence-corrected chi connectivity index (χ3v) is 3.53. The van der Waals surface area contributed by atoms with Crippen LogP contribution >= 0.6 is 23.4 Å². The molecule has 0 fully saturated rings. The molecule has 1 aromatic rings. The van der Waals surface area contributed by atoms with Crippen molar-refractivity contribution in [3.8, 4) is 0 Å². The number of hydrogen-bond acceptors (Lipinski definition) is 3. The van der Waals surface area contributed by atoms with E-state index in [1.807, 2.05) is 24.3 Å². The first-order valence-corrected chi connectivity index (χ1v) is 6.37. The molecule has 1 aliphatic heterocycles. The molecule has 2 rings (SSSR count). The van der Waals surface area contributed by atoms with Crippen molar-refractivity contribution in [2.45, 2.75) is 19.4 Å². The summed E-state index contributed by atoms with van der Waals surface area (Å²) in [6, 6.07) is 8.17. The molecule has 2 nitrogen and oxygen atoms in total. The van der Waals surface area contributed by atoms with Crippen LogP contribution in [-0.4, -0.2) is 17.0 Å². The van der Waals surface area contributed by atoms with Crippen molar-refractivity contribution in [1.82, 2.24) is 0 Å². The number of aliphatic imine (C=N–C) groups is 1. The number of nitrogens with zero attached hydrogens (tertiary/aromatic N) is 1. The number of halogens is 1. The molecule has 1 atom stereocenters. The summed E-state index contributed by atoms with van der Waals surface area (Å²) in [6.45, 7) is 2.16. The number of hydrogen-bond donors (Lipinski definition) is 1. The van der Waals surface area contributed by atoms with Crippen LogP contribution in [0, 0.1) is 0 Å². The van der Waals surface area contributed by atoms with E-state index in [4.69, 9.17) is 11.6 Å². The molecule has 0 aromatic heterocycles. The van der Waals surface area contributed by atoms with Crippen LogP contribution in [0.3, 0.4) is 0 Å². The SMILES string of the molecule is CC[C@@H]1CSC(Nc2cccc(Cl)c2)=N1. The number of nitrogens with one attached hydrogen (secondary N) is 1. The molecule has 1 aromatic carbocycles. The van der Waals surface area contributed by atoms with Gasteiger partial charge in [0.25, 0.3) is 0 Å². The van der Waals surface area contributed by atoms with Gasteiger partial charge in [-0.2, -0.15) is 0 Å². The lowest BCUT2D eigenvalue weighted by Gasteiger charge is -2.04. The van der Waals surface area contributed by atoms with Crippen molar-refractivity contribution in [3.05, 3.63) is 29.3 Å². The number of thioether (sulfide) groups is 1. The van der Waals surface area contributed by atoms with E-state index < -0.39 is 0 Å². The molecule has 0 radical (unpaired) electrons. The summed E-state index contributed by atoms with van der Waals surface area (Å²) in [4.78, 5) is 4.56. The molecular weight excluding hydrogens is 228 g/mol. The second-order valence-electron chi connectivity index (χ2n) is 3.44. The topological polar surface area (TPSA) is 24.4 Å². The highest BCUT2D eigenvalue weighted by atomic mass is 35.5. The molecule has 0 saturated heterocycles. The lowest BCUT2D eigenvalue weighted by molar-refractivity contribution is 0.738. The molecule has 0 saturated carbocycles. The van der Waals surface area contributed by atoms with Gasteiger partial charge in [0.1, 0.15) is 0 Å². The minimum atomic E-state index is 0.469. The van der Waals surface area contributed by atoms with Gasteiger partial charge in [-0.25, -0.2) is 0 Å². The maximum atomic E-state index is 5.90. The van der Waals surface area contributed by atoms with Crippen LogP contribution in [0.15, 0.2) is 29.3 Å². The summed E-state index contributed by atoms with van der Waals surface area (Å²) in [6.07, 6.45) is 1.10. The first-order valence-electron chi connectivity index (χ1n) is 5.01. The predicted molar refractivity (Wildman–Crippen MR) is 69.0 cm³/mol. The monoisotopic (exact) mass is 240 g/mol. The minimum absolute atomic E-state index is 0.469. The standard InChI is InChI=1S/C11H13ClN2S/c1-2-9-7-15-11(13-9)14-10-5-3-4-8(12)6-10/h3-6,9H,2,7H2,1H3,(H,13,14)/t9-/m1/s1. The van der Waals surface area contributed by atoms with Crippen molar-refractivity contribution < 1.29 is 0 Å². The number of amidine groups is 1. The molecule has 4 heteroatoms. The summed E-state index contributed by atoms with van der Waals surface area (Å²) < 4.78 is 0. The summed E-state index contributed by atoms with van der Waals surface area (Å²) in [5.41, 5.74) is 1.01.